The zero-order valence-corrected chi connectivity index (χ0v) is 16.5. The third kappa shape index (κ3) is 2.89. The maximum Gasteiger partial charge on any atom is 0.241 e. The van der Waals surface area contributed by atoms with Crippen molar-refractivity contribution in [2.45, 2.75) is 31.6 Å². The van der Waals surface area contributed by atoms with Gasteiger partial charge in [0.25, 0.3) is 0 Å². The van der Waals surface area contributed by atoms with Gasteiger partial charge in [0.2, 0.25) is 5.91 Å². The van der Waals surface area contributed by atoms with Gasteiger partial charge in [-0.05, 0) is 30.7 Å². The summed E-state index contributed by atoms with van der Waals surface area (Å²) >= 11 is 1.35. The number of thioether (sulfide) groups is 1. The number of carbonyl (C=O) groups is 1. The van der Waals surface area contributed by atoms with Crippen LogP contribution >= 0.6 is 11.8 Å². The lowest BCUT2D eigenvalue weighted by Crippen LogP contribution is -2.51. The first-order chi connectivity index (χ1) is 13.5. The van der Waals surface area contributed by atoms with E-state index in [1.807, 2.05) is 24.3 Å². The van der Waals surface area contributed by atoms with Crippen molar-refractivity contribution in [3.05, 3.63) is 65.2 Å². The SMILES string of the molecule is CCC[C@@H]1CNc2ccccc2[C@@]12SC(c1cc(F)ccc1F)=NN2C(C)=O. The second kappa shape index (κ2) is 7.20. The van der Waals surface area contributed by atoms with Gasteiger partial charge >= 0.3 is 0 Å². The summed E-state index contributed by atoms with van der Waals surface area (Å²) in [6.45, 7) is 4.24. The van der Waals surface area contributed by atoms with E-state index in [1.54, 1.807) is 0 Å². The number of nitrogens with zero attached hydrogens (tertiary/aromatic N) is 2. The highest BCUT2D eigenvalue weighted by atomic mass is 32.2. The third-order valence-electron chi connectivity index (χ3n) is 5.26. The summed E-state index contributed by atoms with van der Waals surface area (Å²) in [5.74, 6) is -1.25. The molecule has 7 heteroatoms. The van der Waals surface area contributed by atoms with Gasteiger partial charge in [-0.1, -0.05) is 43.3 Å². The largest absolute Gasteiger partial charge is 0.384 e. The van der Waals surface area contributed by atoms with Crippen molar-refractivity contribution in [1.82, 2.24) is 5.01 Å². The van der Waals surface area contributed by atoms with Gasteiger partial charge in [0.1, 0.15) is 21.5 Å². The second-order valence-corrected chi connectivity index (χ2v) is 8.28. The first kappa shape index (κ1) is 18.9. The number of carbonyl (C=O) groups excluding carboxylic acids is 1. The molecule has 1 amide bonds. The average molecular weight is 401 g/mol. The van der Waals surface area contributed by atoms with Crippen LogP contribution in [0.15, 0.2) is 47.6 Å². The van der Waals surface area contributed by atoms with E-state index in [-0.39, 0.29) is 17.4 Å². The fourth-order valence-electron chi connectivity index (χ4n) is 4.06. The highest BCUT2D eigenvalue weighted by Gasteiger charge is 2.55. The van der Waals surface area contributed by atoms with E-state index in [0.29, 0.717) is 11.6 Å². The Kier molecular flexibility index (Phi) is 4.87. The number of rotatable bonds is 3. The van der Waals surface area contributed by atoms with Crippen LogP contribution in [0.2, 0.25) is 0 Å². The monoisotopic (exact) mass is 401 g/mol. The van der Waals surface area contributed by atoms with E-state index in [0.717, 1.165) is 42.3 Å². The molecule has 28 heavy (non-hydrogen) atoms. The smallest absolute Gasteiger partial charge is 0.241 e. The van der Waals surface area contributed by atoms with Crippen LogP contribution < -0.4 is 5.32 Å². The Labute approximate surface area is 167 Å². The Morgan fingerprint density at radius 2 is 2.11 bits per heavy atom. The lowest BCUT2D eigenvalue weighted by Gasteiger charge is -2.46. The standard InChI is InChI=1S/C21H21F2N3OS/c1-3-6-14-12-24-19-8-5-4-7-17(19)21(14)26(13(2)27)25-20(28-21)16-11-15(22)9-10-18(16)23/h4-5,7-11,14,24H,3,6,12H2,1-2H3/t14-,21+/m1/s1. The normalized spacial score (nSPS) is 23.4. The number of para-hydroxylation sites is 1. The maximum absolute atomic E-state index is 14.5. The molecule has 2 heterocycles. The molecular formula is C21H21F2N3OS. The summed E-state index contributed by atoms with van der Waals surface area (Å²) in [5.41, 5.74) is 1.96. The van der Waals surface area contributed by atoms with E-state index in [1.165, 1.54) is 23.7 Å². The molecule has 0 aliphatic carbocycles. The number of fused-ring (bicyclic) bond motifs is 2. The first-order valence-corrected chi connectivity index (χ1v) is 10.2. The van der Waals surface area contributed by atoms with Gasteiger partial charge in [-0.3, -0.25) is 4.79 Å². The molecule has 2 aromatic carbocycles. The van der Waals surface area contributed by atoms with Gasteiger partial charge in [-0.2, -0.15) is 5.10 Å². The summed E-state index contributed by atoms with van der Waals surface area (Å²) in [6.07, 6.45) is 1.80. The molecule has 0 fully saturated rings. The van der Waals surface area contributed by atoms with E-state index in [2.05, 4.69) is 17.3 Å². The molecule has 0 radical (unpaired) electrons. The summed E-state index contributed by atoms with van der Waals surface area (Å²) < 4.78 is 28.3. The topological polar surface area (TPSA) is 44.7 Å². The molecule has 2 aliphatic rings. The summed E-state index contributed by atoms with van der Waals surface area (Å²) in [7, 11) is 0. The van der Waals surface area contributed by atoms with Crippen LogP contribution in [0, 0.1) is 17.6 Å². The molecule has 0 aromatic heterocycles. The van der Waals surface area contributed by atoms with Crippen LogP contribution in [0.25, 0.3) is 0 Å². The summed E-state index contributed by atoms with van der Waals surface area (Å²) in [4.78, 5) is 11.8. The molecule has 0 bridgehead atoms. The van der Waals surface area contributed by atoms with Crippen LogP contribution in [0.4, 0.5) is 14.5 Å². The lowest BCUT2D eigenvalue weighted by molar-refractivity contribution is -0.133. The molecular weight excluding hydrogens is 380 g/mol. The quantitative estimate of drug-likeness (QED) is 0.794. The average Bonchev–Trinajstić information content (AvgIpc) is 3.08. The Hall–Kier alpha value is -2.41. The van der Waals surface area contributed by atoms with Gasteiger partial charge in [0.15, 0.2) is 0 Å². The summed E-state index contributed by atoms with van der Waals surface area (Å²) in [5, 5.41) is 9.74. The summed E-state index contributed by atoms with van der Waals surface area (Å²) in [6, 6.07) is 11.1. The molecule has 4 nitrogen and oxygen atoms in total. The van der Waals surface area contributed by atoms with E-state index < -0.39 is 16.5 Å². The molecule has 146 valence electrons. The Bertz CT molecular complexity index is 964. The molecule has 0 unspecified atom stereocenters. The van der Waals surface area contributed by atoms with Gasteiger partial charge in [0.05, 0.1) is 0 Å². The number of hydrogen-bond acceptors (Lipinski definition) is 4. The number of nitrogens with one attached hydrogen (secondary N) is 1. The number of anilines is 1. The zero-order valence-electron chi connectivity index (χ0n) is 15.7. The zero-order chi connectivity index (χ0) is 19.9. The van der Waals surface area contributed by atoms with Crippen LogP contribution in [0.3, 0.4) is 0 Å². The molecule has 2 atom stereocenters. The molecule has 1 spiro atoms. The molecule has 1 N–H and O–H groups in total. The van der Waals surface area contributed by atoms with Crippen molar-refractivity contribution in [2.75, 3.05) is 11.9 Å². The number of halogens is 2. The lowest BCUT2D eigenvalue weighted by atomic mass is 9.84. The van der Waals surface area contributed by atoms with E-state index >= 15 is 0 Å². The minimum Gasteiger partial charge on any atom is -0.384 e. The van der Waals surface area contributed by atoms with Crippen molar-refractivity contribution in [3.63, 3.8) is 0 Å². The third-order valence-corrected chi connectivity index (χ3v) is 6.79. The van der Waals surface area contributed by atoms with Crippen molar-refractivity contribution >= 4 is 28.4 Å². The van der Waals surface area contributed by atoms with Gasteiger partial charge in [-0.25, -0.2) is 13.8 Å². The molecule has 0 saturated heterocycles. The van der Waals surface area contributed by atoms with Crippen molar-refractivity contribution in [1.29, 1.82) is 0 Å². The molecule has 0 saturated carbocycles. The first-order valence-electron chi connectivity index (χ1n) is 9.34. The van der Waals surface area contributed by atoms with Crippen LogP contribution in [0.5, 0.6) is 0 Å². The highest BCUT2D eigenvalue weighted by Crippen LogP contribution is 2.57. The van der Waals surface area contributed by atoms with E-state index in [9.17, 15) is 13.6 Å². The van der Waals surface area contributed by atoms with Crippen molar-refractivity contribution in [2.24, 2.45) is 11.0 Å². The molecule has 2 aliphatic heterocycles. The maximum atomic E-state index is 14.5. The van der Waals surface area contributed by atoms with Crippen molar-refractivity contribution < 1.29 is 13.6 Å². The predicted molar refractivity (Wildman–Crippen MR) is 108 cm³/mol. The molecule has 2 aromatic rings. The Morgan fingerprint density at radius 1 is 1.32 bits per heavy atom. The fourth-order valence-corrected chi connectivity index (χ4v) is 5.66. The number of amides is 1. The van der Waals surface area contributed by atoms with Gasteiger partial charge in [0, 0.05) is 36.2 Å². The minimum absolute atomic E-state index is 0.0687. The van der Waals surface area contributed by atoms with Gasteiger partial charge < -0.3 is 5.32 Å². The Morgan fingerprint density at radius 3 is 2.86 bits per heavy atom. The van der Waals surface area contributed by atoms with Gasteiger partial charge in [-0.15, -0.1) is 0 Å². The van der Waals surface area contributed by atoms with Crippen LogP contribution in [-0.4, -0.2) is 22.5 Å². The number of benzene rings is 2. The van der Waals surface area contributed by atoms with Crippen molar-refractivity contribution in [3.8, 4) is 0 Å². The van der Waals surface area contributed by atoms with Crippen LogP contribution in [0.1, 0.15) is 37.8 Å². The van der Waals surface area contributed by atoms with E-state index in [4.69, 9.17) is 0 Å². The number of hydrogen-bond donors (Lipinski definition) is 1. The molecule has 4 rings (SSSR count). The Balaban J connectivity index is 1.89. The number of hydrazone groups is 1. The minimum atomic E-state index is -0.780. The predicted octanol–water partition coefficient (Wildman–Crippen LogP) is 4.92. The second-order valence-electron chi connectivity index (χ2n) is 7.07. The fraction of sp³-hybridized carbons (Fsp3) is 0.333. The highest BCUT2D eigenvalue weighted by molar-refractivity contribution is 8.15. The van der Waals surface area contributed by atoms with Crippen LogP contribution in [-0.2, 0) is 9.67 Å².